The van der Waals surface area contributed by atoms with Crippen LogP contribution in [0.5, 0.6) is 0 Å². The third-order valence-electron chi connectivity index (χ3n) is 3.64. The first kappa shape index (κ1) is 10.7. The molecule has 2 aliphatic rings. The van der Waals surface area contributed by atoms with Gasteiger partial charge in [0.25, 0.3) is 0 Å². The fourth-order valence-electron chi connectivity index (χ4n) is 2.75. The highest BCUT2D eigenvalue weighted by Crippen LogP contribution is 2.31. The highest BCUT2D eigenvalue weighted by Gasteiger charge is 2.28. The van der Waals surface area contributed by atoms with Crippen LogP contribution in [0.25, 0.3) is 0 Å². The van der Waals surface area contributed by atoms with Gasteiger partial charge < -0.3 is 4.90 Å². The molecule has 2 unspecified atom stereocenters. The molecule has 3 heteroatoms. The summed E-state index contributed by atoms with van der Waals surface area (Å²) in [6.07, 6.45) is 4.50. The Kier molecular flexibility index (Phi) is 3.08. The molecule has 0 radical (unpaired) electrons. The van der Waals surface area contributed by atoms with Gasteiger partial charge in [-0.05, 0) is 24.7 Å². The Hall–Kier alpha value is -0.860. The number of carbonyl (C=O) groups is 2. The molecule has 0 aromatic rings. The zero-order valence-electron chi connectivity index (χ0n) is 9.37. The number of piperidine rings is 1. The lowest BCUT2D eigenvalue weighted by molar-refractivity contribution is -0.139. The maximum absolute atomic E-state index is 11.6. The van der Waals surface area contributed by atoms with E-state index < -0.39 is 0 Å². The summed E-state index contributed by atoms with van der Waals surface area (Å²) in [6, 6.07) is 0. The Balaban J connectivity index is 1.84. The molecule has 2 rings (SSSR count). The van der Waals surface area contributed by atoms with E-state index in [0.717, 1.165) is 12.5 Å². The summed E-state index contributed by atoms with van der Waals surface area (Å²) in [5.74, 6) is 1.65. The van der Waals surface area contributed by atoms with Gasteiger partial charge in [0.15, 0.2) is 0 Å². The lowest BCUT2D eigenvalue weighted by Crippen LogP contribution is -2.41. The molecule has 0 aromatic heterocycles. The Morgan fingerprint density at radius 2 is 2.13 bits per heavy atom. The molecule has 0 N–H and O–H groups in total. The molecule has 2 atom stereocenters. The Morgan fingerprint density at radius 1 is 1.33 bits per heavy atom. The summed E-state index contributed by atoms with van der Waals surface area (Å²) in [4.78, 5) is 24.5. The molecule has 15 heavy (non-hydrogen) atoms. The molecule has 84 valence electrons. The van der Waals surface area contributed by atoms with E-state index >= 15 is 0 Å². The average Bonchev–Trinajstić information content (AvgIpc) is 2.56. The van der Waals surface area contributed by atoms with Crippen molar-refractivity contribution in [2.75, 3.05) is 13.1 Å². The minimum absolute atomic E-state index is 0.0470. The molecular weight excluding hydrogens is 190 g/mol. The van der Waals surface area contributed by atoms with Gasteiger partial charge in [-0.3, -0.25) is 9.59 Å². The Morgan fingerprint density at radius 3 is 2.73 bits per heavy atom. The summed E-state index contributed by atoms with van der Waals surface area (Å²) in [5.41, 5.74) is 0. The van der Waals surface area contributed by atoms with E-state index in [-0.39, 0.29) is 18.1 Å². The first-order valence-electron chi connectivity index (χ1n) is 5.94. The number of carbonyl (C=O) groups excluding carboxylic acids is 2. The largest absolute Gasteiger partial charge is 0.342 e. The van der Waals surface area contributed by atoms with Gasteiger partial charge in [0.2, 0.25) is 5.91 Å². The number of nitrogens with zero attached hydrogens (tertiary/aromatic N) is 1. The van der Waals surface area contributed by atoms with E-state index in [9.17, 15) is 9.59 Å². The summed E-state index contributed by atoms with van der Waals surface area (Å²) in [6.45, 7) is 3.82. The monoisotopic (exact) mass is 209 g/mol. The van der Waals surface area contributed by atoms with Crippen LogP contribution in [0, 0.1) is 11.8 Å². The first-order valence-corrected chi connectivity index (χ1v) is 5.94. The molecule has 1 aliphatic carbocycles. The predicted molar refractivity (Wildman–Crippen MR) is 57.3 cm³/mol. The molecule has 1 amide bonds. The van der Waals surface area contributed by atoms with Gasteiger partial charge in [0.05, 0.1) is 6.42 Å². The maximum atomic E-state index is 11.6. The van der Waals surface area contributed by atoms with Crippen LogP contribution in [0.15, 0.2) is 0 Å². The molecule has 3 nitrogen and oxygen atoms in total. The standard InChI is InChI=1S/C12H19NO2/c1-9-2-3-10(6-9)8-13-5-4-11(14)7-12(13)15/h9-10H,2-8H2,1H3. The first-order chi connectivity index (χ1) is 7.15. The van der Waals surface area contributed by atoms with Crippen LogP contribution in [-0.4, -0.2) is 29.7 Å². The second-order valence-electron chi connectivity index (χ2n) is 5.09. The predicted octanol–water partition coefficient (Wildman–Crippen LogP) is 1.61. The van der Waals surface area contributed by atoms with Gasteiger partial charge in [-0.1, -0.05) is 13.3 Å². The molecule has 1 aliphatic heterocycles. The fraction of sp³-hybridized carbons (Fsp3) is 0.833. The van der Waals surface area contributed by atoms with Crippen LogP contribution in [-0.2, 0) is 9.59 Å². The van der Waals surface area contributed by atoms with Crippen molar-refractivity contribution in [1.82, 2.24) is 4.90 Å². The second kappa shape index (κ2) is 4.33. The van der Waals surface area contributed by atoms with Crippen LogP contribution in [0.1, 0.15) is 39.0 Å². The molecule has 0 spiro atoms. The highest BCUT2D eigenvalue weighted by molar-refractivity contribution is 6.00. The fourth-order valence-corrected chi connectivity index (χ4v) is 2.75. The lowest BCUT2D eigenvalue weighted by Gasteiger charge is -2.28. The van der Waals surface area contributed by atoms with Gasteiger partial charge >= 0.3 is 0 Å². The summed E-state index contributed by atoms with van der Waals surface area (Å²) >= 11 is 0. The van der Waals surface area contributed by atoms with Gasteiger partial charge in [-0.2, -0.15) is 0 Å². The van der Waals surface area contributed by atoms with Crippen LogP contribution < -0.4 is 0 Å². The van der Waals surface area contributed by atoms with E-state index in [1.165, 1.54) is 19.3 Å². The van der Waals surface area contributed by atoms with Crippen molar-refractivity contribution in [3.05, 3.63) is 0 Å². The number of Topliss-reactive ketones (excluding diaryl/α,β-unsaturated/α-hetero) is 1. The van der Waals surface area contributed by atoms with Gasteiger partial charge in [-0.15, -0.1) is 0 Å². The summed E-state index contributed by atoms with van der Waals surface area (Å²) in [7, 11) is 0. The second-order valence-corrected chi connectivity index (χ2v) is 5.09. The molecular formula is C12H19NO2. The smallest absolute Gasteiger partial charge is 0.230 e. The minimum atomic E-state index is 0.0470. The highest BCUT2D eigenvalue weighted by atomic mass is 16.2. The molecule has 1 saturated carbocycles. The third kappa shape index (κ3) is 2.58. The minimum Gasteiger partial charge on any atom is -0.342 e. The normalized spacial score (nSPS) is 32.5. The number of hydrogen-bond acceptors (Lipinski definition) is 2. The van der Waals surface area contributed by atoms with Crippen molar-refractivity contribution in [3.63, 3.8) is 0 Å². The van der Waals surface area contributed by atoms with E-state index in [4.69, 9.17) is 0 Å². The number of ketones is 1. The van der Waals surface area contributed by atoms with E-state index in [0.29, 0.717) is 18.9 Å². The van der Waals surface area contributed by atoms with Crippen LogP contribution >= 0.6 is 0 Å². The zero-order valence-corrected chi connectivity index (χ0v) is 9.37. The van der Waals surface area contributed by atoms with E-state index in [1.54, 1.807) is 0 Å². The van der Waals surface area contributed by atoms with Crippen LogP contribution in [0.4, 0.5) is 0 Å². The summed E-state index contributed by atoms with van der Waals surface area (Å²) < 4.78 is 0. The van der Waals surface area contributed by atoms with Crippen LogP contribution in [0.2, 0.25) is 0 Å². The SMILES string of the molecule is CC1CCC(CN2CCC(=O)CC2=O)C1. The number of hydrogen-bond donors (Lipinski definition) is 0. The number of likely N-dealkylation sites (tertiary alicyclic amines) is 1. The van der Waals surface area contributed by atoms with Crippen molar-refractivity contribution in [2.24, 2.45) is 11.8 Å². The lowest BCUT2D eigenvalue weighted by atomic mass is 10.0. The van der Waals surface area contributed by atoms with E-state index in [2.05, 4.69) is 6.92 Å². The average molecular weight is 209 g/mol. The molecule has 1 saturated heterocycles. The maximum Gasteiger partial charge on any atom is 0.230 e. The topological polar surface area (TPSA) is 37.4 Å². The van der Waals surface area contributed by atoms with Crippen molar-refractivity contribution in [2.45, 2.75) is 39.0 Å². The Bertz CT molecular complexity index is 275. The zero-order chi connectivity index (χ0) is 10.8. The number of rotatable bonds is 2. The quantitative estimate of drug-likeness (QED) is 0.648. The molecule has 2 fully saturated rings. The van der Waals surface area contributed by atoms with Gasteiger partial charge in [0, 0.05) is 19.5 Å². The Labute approximate surface area is 90.8 Å². The van der Waals surface area contributed by atoms with Crippen molar-refractivity contribution in [3.8, 4) is 0 Å². The van der Waals surface area contributed by atoms with Gasteiger partial charge in [0.1, 0.15) is 5.78 Å². The van der Waals surface area contributed by atoms with Crippen LogP contribution in [0.3, 0.4) is 0 Å². The van der Waals surface area contributed by atoms with Crippen molar-refractivity contribution in [1.29, 1.82) is 0 Å². The van der Waals surface area contributed by atoms with Crippen molar-refractivity contribution >= 4 is 11.7 Å². The van der Waals surface area contributed by atoms with Gasteiger partial charge in [-0.25, -0.2) is 0 Å². The van der Waals surface area contributed by atoms with Crippen molar-refractivity contribution < 1.29 is 9.59 Å². The summed E-state index contributed by atoms with van der Waals surface area (Å²) in [5, 5.41) is 0. The molecule has 0 bridgehead atoms. The van der Waals surface area contributed by atoms with E-state index in [1.807, 2.05) is 4.90 Å². The molecule has 1 heterocycles. The molecule has 0 aromatic carbocycles. The third-order valence-corrected chi connectivity index (χ3v) is 3.64. The number of amides is 1.